The first-order chi connectivity index (χ1) is 6.18. The minimum atomic E-state index is -0.150. The van der Waals surface area contributed by atoms with E-state index >= 15 is 0 Å². The molecule has 13 heavy (non-hydrogen) atoms. The molecule has 0 N–H and O–H groups in total. The zero-order valence-electron chi connectivity index (χ0n) is 7.87. The third kappa shape index (κ3) is 1.15. The number of ether oxygens (including phenoxy) is 1. The van der Waals surface area contributed by atoms with E-state index in [9.17, 15) is 0 Å². The Kier molecular flexibility index (Phi) is 1.68. The van der Waals surface area contributed by atoms with Crippen molar-refractivity contribution in [3.8, 4) is 12.3 Å². The SMILES string of the molecule is C#Cc1ccccc1C1(C)OC1C. The maximum absolute atomic E-state index is 5.54. The summed E-state index contributed by atoms with van der Waals surface area (Å²) in [4.78, 5) is 0. The number of hydrogen-bond donors (Lipinski definition) is 0. The molecule has 0 spiro atoms. The predicted molar refractivity (Wildman–Crippen MR) is 52.3 cm³/mol. The molecule has 1 heterocycles. The molecule has 1 aliphatic heterocycles. The Labute approximate surface area is 78.7 Å². The van der Waals surface area contributed by atoms with E-state index in [1.165, 1.54) is 0 Å². The molecule has 2 atom stereocenters. The van der Waals surface area contributed by atoms with Gasteiger partial charge in [0.05, 0.1) is 6.10 Å². The van der Waals surface area contributed by atoms with Crippen LogP contribution >= 0.6 is 0 Å². The number of benzene rings is 1. The average molecular weight is 172 g/mol. The predicted octanol–water partition coefficient (Wildman–Crippen LogP) is 2.30. The number of epoxide rings is 1. The monoisotopic (exact) mass is 172 g/mol. The molecule has 1 heteroatoms. The molecule has 2 unspecified atom stereocenters. The molecule has 1 aromatic carbocycles. The third-order valence-corrected chi connectivity index (χ3v) is 2.76. The normalized spacial score (nSPS) is 31.0. The summed E-state index contributed by atoms with van der Waals surface area (Å²) in [6, 6.07) is 7.94. The van der Waals surface area contributed by atoms with Crippen molar-refractivity contribution in [3.05, 3.63) is 35.4 Å². The van der Waals surface area contributed by atoms with Gasteiger partial charge in [0.15, 0.2) is 0 Å². The summed E-state index contributed by atoms with van der Waals surface area (Å²) in [7, 11) is 0. The number of hydrogen-bond acceptors (Lipinski definition) is 1. The summed E-state index contributed by atoms with van der Waals surface area (Å²) in [5, 5.41) is 0. The lowest BCUT2D eigenvalue weighted by Gasteiger charge is -2.08. The first-order valence-corrected chi connectivity index (χ1v) is 4.42. The van der Waals surface area contributed by atoms with Gasteiger partial charge in [0.1, 0.15) is 5.60 Å². The number of rotatable bonds is 1. The first kappa shape index (κ1) is 8.34. The van der Waals surface area contributed by atoms with Crippen molar-refractivity contribution in [1.82, 2.24) is 0 Å². The summed E-state index contributed by atoms with van der Waals surface area (Å²) in [5.41, 5.74) is 1.92. The van der Waals surface area contributed by atoms with E-state index in [0.29, 0.717) is 0 Å². The third-order valence-electron chi connectivity index (χ3n) is 2.76. The number of terminal acetylenes is 1. The molecule has 0 aliphatic carbocycles. The van der Waals surface area contributed by atoms with E-state index in [1.807, 2.05) is 24.3 Å². The van der Waals surface area contributed by atoms with Crippen LogP contribution in [0.15, 0.2) is 24.3 Å². The highest BCUT2D eigenvalue weighted by molar-refractivity contribution is 5.45. The van der Waals surface area contributed by atoms with E-state index in [1.54, 1.807) is 0 Å². The average Bonchev–Trinajstić information content (AvgIpc) is 2.76. The van der Waals surface area contributed by atoms with E-state index in [2.05, 4.69) is 19.8 Å². The van der Waals surface area contributed by atoms with E-state index in [4.69, 9.17) is 11.2 Å². The largest absolute Gasteiger partial charge is 0.362 e. The van der Waals surface area contributed by atoms with Crippen LogP contribution in [0, 0.1) is 12.3 Å². The first-order valence-electron chi connectivity index (χ1n) is 4.42. The van der Waals surface area contributed by atoms with Crippen molar-refractivity contribution in [3.63, 3.8) is 0 Å². The van der Waals surface area contributed by atoms with Gasteiger partial charge in [-0.2, -0.15) is 0 Å². The maximum atomic E-state index is 5.54. The lowest BCUT2D eigenvalue weighted by atomic mass is 9.93. The zero-order chi connectivity index (χ0) is 9.47. The van der Waals surface area contributed by atoms with Gasteiger partial charge in [-0.15, -0.1) is 6.42 Å². The van der Waals surface area contributed by atoms with Gasteiger partial charge in [-0.05, 0) is 19.9 Å². The fourth-order valence-electron chi connectivity index (χ4n) is 1.66. The van der Waals surface area contributed by atoms with E-state index in [-0.39, 0.29) is 11.7 Å². The molecule has 0 bridgehead atoms. The van der Waals surface area contributed by atoms with Crippen molar-refractivity contribution in [2.45, 2.75) is 25.6 Å². The Morgan fingerprint density at radius 3 is 2.62 bits per heavy atom. The van der Waals surface area contributed by atoms with Crippen LogP contribution in [-0.4, -0.2) is 6.10 Å². The van der Waals surface area contributed by atoms with Crippen LogP contribution in [-0.2, 0) is 10.3 Å². The van der Waals surface area contributed by atoms with Gasteiger partial charge >= 0.3 is 0 Å². The van der Waals surface area contributed by atoms with Crippen LogP contribution in [0.25, 0.3) is 0 Å². The van der Waals surface area contributed by atoms with Crippen molar-refractivity contribution < 1.29 is 4.74 Å². The molecular weight excluding hydrogens is 160 g/mol. The fraction of sp³-hybridized carbons (Fsp3) is 0.333. The van der Waals surface area contributed by atoms with Crippen LogP contribution in [0.2, 0.25) is 0 Å². The molecule has 2 rings (SSSR count). The molecule has 1 nitrogen and oxygen atoms in total. The molecule has 0 saturated carbocycles. The molecule has 1 fully saturated rings. The molecular formula is C12H12O. The molecule has 0 aromatic heterocycles. The highest BCUT2D eigenvalue weighted by atomic mass is 16.6. The minimum Gasteiger partial charge on any atom is -0.362 e. The van der Waals surface area contributed by atoms with Gasteiger partial charge in [-0.1, -0.05) is 24.1 Å². The van der Waals surface area contributed by atoms with Crippen LogP contribution in [0.4, 0.5) is 0 Å². The summed E-state index contributed by atoms with van der Waals surface area (Å²) in [6.45, 7) is 4.14. The van der Waals surface area contributed by atoms with E-state index < -0.39 is 0 Å². The van der Waals surface area contributed by atoms with Gasteiger partial charge in [0.2, 0.25) is 0 Å². The van der Waals surface area contributed by atoms with Crippen molar-refractivity contribution in [1.29, 1.82) is 0 Å². The standard InChI is InChI=1S/C12H12O/c1-4-10-7-5-6-8-11(10)12(3)9(2)13-12/h1,5-9H,2-3H3. The van der Waals surface area contributed by atoms with Crippen molar-refractivity contribution in [2.24, 2.45) is 0 Å². The lowest BCUT2D eigenvalue weighted by molar-refractivity contribution is 0.316. The van der Waals surface area contributed by atoms with Crippen LogP contribution < -0.4 is 0 Å². The van der Waals surface area contributed by atoms with Crippen molar-refractivity contribution in [2.75, 3.05) is 0 Å². The highest BCUT2D eigenvalue weighted by Gasteiger charge is 2.51. The van der Waals surface area contributed by atoms with Crippen LogP contribution in [0.3, 0.4) is 0 Å². The zero-order valence-corrected chi connectivity index (χ0v) is 7.87. The van der Waals surface area contributed by atoms with Crippen molar-refractivity contribution >= 4 is 0 Å². The van der Waals surface area contributed by atoms with Gasteiger partial charge in [0, 0.05) is 11.1 Å². The lowest BCUT2D eigenvalue weighted by Crippen LogP contribution is -2.07. The Hall–Kier alpha value is -1.26. The second-order valence-corrected chi connectivity index (χ2v) is 3.56. The molecule has 1 aromatic rings. The Balaban J connectivity index is 2.48. The summed E-state index contributed by atoms with van der Waals surface area (Å²) in [6.07, 6.45) is 5.69. The quantitative estimate of drug-likeness (QED) is 0.467. The molecule has 1 aliphatic rings. The van der Waals surface area contributed by atoms with Crippen LogP contribution in [0.5, 0.6) is 0 Å². The van der Waals surface area contributed by atoms with Gasteiger partial charge < -0.3 is 4.74 Å². The Bertz CT molecular complexity index is 375. The van der Waals surface area contributed by atoms with E-state index in [0.717, 1.165) is 11.1 Å². The molecule has 1 saturated heterocycles. The molecule has 0 radical (unpaired) electrons. The summed E-state index contributed by atoms with van der Waals surface area (Å²) < 4.78 is 5.54. The Morgan fingerprint density at radius 1 is 1.46 bits per heavy atom. The maximum Gasteiger partial charge on any atom is 0.118 e. The Morgan fingerprint density at radius 2 is 2.08 bits per heavy atom. The second kappa shape index (κ2) is 2.61. The fourth-order valence-corrected chi connectivity index (χ4v) is 1.66. The molecule has 66 valence electrons. The molecule has 0 amide bonds. The van der Waals surface area contributed by atoms with Gasteiger partial charge in [-0.25, -0.2) is 0 Å². The van der Waals surface area contributed by atoms with Gasteiger partial charge in [0.25, 0.3) is 0 Å². The summed E-state index contributed by atoms with van der Waals surface area (Å²) in [5.74, 6) is 2.68. The highest BCUT2D eigenvalue weighted by Crippen LogP contribution is 2.46. The minimum absolute atomic E-state index is 0.150. The topological polar surface area (TPSA) is 12.5 Å². The van der Waals surface area contributed by atoms with Crippen LogP contribution in [0.1, 0.15) is 25.0 Å². The smallest absolute Gasteiger partial charge is 0.118 e. The second-order valence-electron chi connectivity index (χ2n) is 3.56. The van der Waals surface area contributed by atoms with Gasteiger partial charge in [-0.3, -0.25) is 0 Å². The summed E-state index contributed by atoms with van der Waals surface area (Å²) >= 11 is 0.